The van der Waals surface area contributed by atoms with Crippen molar-refractivity contribution in [1.29, 1.82) is 5.26 Å². The second kappa shape index (κ2) is 11.8. The van der Waals surface area contributed by atoms with Gasteiger partial charge in [0.1, 0.15) is 29.1 Å². The smallest absolute Gasteiger partial charge is 0.267 e. The minimum atomic E-state index is -0.441. The minimum absolute atomic E-state index is 0.0155. The van der Waals surface area contributed by atoms with E-state index in [-0.39, 0.29) is 28.7 Å². The van der Waals surface area contributed by atoms with Crippen LogP contribution in [0, 0.1) is 17.1 Å². The van der Waals surface area contributed by atoms with Crippen molar-refractivity contribution in [3.8, 4) is 11.8 Å². The van der Waals surface area contributed by atoms with Gasteiger partial charge in [-0.15, -0.1) is 0 Å². The fourth-order valence-electron chi connectivity index (χ4n) is 4.34. The van der Waals surface area contributed by atoms with Gasteiger partial charge in [-0.1, -0.05) is 42.1 Å². The summed E-state index contributed by atoms with van der Waals surface area (Å²) in [5, 5.41) is 12.9. The second-order valence-corrected chi connectivity index (χ2v) is 10.0. The van der Waals surface area contributed by atoms with E-state index in [1.807, 2.05) is 54.6 Å². The van der Waals surface area contributed by atoms with E-state index in [2.05, 4.69) is 15.3 Å². The lowest BCUT2D eigenvalue weighted by Gasteiger charge is -2.15. The van der Waals surface area contributed by atoms with Crippen LogP contribution in [0.15, 0.2) is 87.4 Å². The molecule has 5 rings (SSSR count). The van der Waals surface area contributed by atoms with Crippen molar-refractivity contribution in [2.75, 3.05) is 23.3 Å². The minimum Gasteiger partial charge on any atom is -0.382 e. The van der Waals surface area contributed by atoms with Crippen LogP contribution in [0.25, 0.3) is 16.6 Å². The summed E-state index contributed by atoms with van der Waals surface area (Å²) in [6.07, 6.45) is 1.77. The molecule has 0 fully saturated rings. The van der Waals surface area contributed by atoms with Crippen molar-refractivity contribution < 1.29 is 4.39 Å². The number of aryl methyl sites for hydroxylation is 1. The maximum absolute atomic E-state index is 14.2. The molecule has 0 saturated heterocycles. The fraction of sp³-hybridized carbons (Fsp3) is 0.138. The Labute approximate surface area is 233 Å². The Hall–Kier alpha value is -4.95. The van der Waals surface area contributed by atoms with E-state index in [1.54, 1.807) is 12.1 Å². The lowest BCUT2D eigenvalue weighted by Crippen LogP contribution is -2.24. The van der Waals surface area contributed by atoms with Crippen LogP contribution in [0.3, 0.4) is 0 Å². The first kappa shape index (κ1) is 26.6. The third kappa shape index (κ3) is 5.72. The molecule has 0 aliphatic heterocycles. The summed E-state index contributed by atoms with van der Waals surface area (Å²) in [5.41, 5.74) is 12.3. The highest BCUT2D eigenvalue weighted by Gasteiger charge is 2.17. The van der Waals surface area contributed by atoms with Gasteiger partial charge in [-0.3, -0.25) is 9.36 Å². The van der Waals surface area contributed by atoms with Crippen molar-refractivity contribution >= 4 is 40.2 Å². The van der Waals surface area contributed by atoms with Gasteiger partial charge in [0.15, 0.2) is 5.82 Å². The van der Waals surface area contributed by atoms with Gasteiger partial charge < -0.3 is 16.8 Å². The molecule has 5 aromatic rings. The van der Waals surface area contributed by atoms with Crippen LogP contribution >= 0.6 is 11.8 Å². The number of hydrogen-bond acceptors (Lipinski definition) is 9. The number of fused-ring (bicyclic) bond motifs is 1. The molecule has 0 amide bonds. The molecule has 0 aliphatic rings. The van der Waals surface area contributed by atoms with Crippen molar-refractivity contribution in [1.82, 2.24) is 19.5 Å². The first-order valence-electron chi connectivity index (χ1n) is 12.5. The van der Waals surface area contributed by atoms with Gasteiger partial charge in [0, 0.05) is 22.8 Å². The zero-order valence-corrected chi connectivity index (χ0v) is 22.2. The number of halogens is 1. The third-order valence-electron chi connectivity index (χ3n) is 6.15. The third-order valence-corrected chi connectivity index (χ3v) is 7.22. The summed E-state index contributed by atoms with van der Waals surface area (Å²) in [5.74, 6) is 0.350. The topological polar surface area (TPSA) is 149 Å². The van der Waals surface area contributed by atoms with Crippen LogP contribution in [0.2, 0.25) is 0 Å². The number of hydrogen-bond donors (Lipinski definition) is 3. The number of nitrogens with one attached hydrogen (secondary N) is 1. The molecule has 11 heteroatoms. The number of unbranched alkanes of at least 4 members (excludes halogenated alkanes) is 1. The molecule has 0 atom stereocenters. The van der Waals surface area contributed by atoms with E-state index >= 15 is 0 Å². The van der Waals surface area contributed by atoms with Crippen LogP contribution < -0.4 is 22.3 Å². The average molecular weight is 553 g/mol. The van der Waals surface area contributed by atoms with Gasteiger partial charge in [-0.05, 0) is 55.3 Å². The largest absolute Gasteiger partial charge is 0.382 e. The van der Waals surface area contributed by atoms with E-state index in [1.165, 1.54) is 28.5 Å². The summed E-state index contributed by atoms with van der Waals surface area (Å²) in [4.78, 5) is 28.5. The van der Waals surface area contributed by atoms with Crippen LogP contribution in [0.4, 0.5) is 22.0 Å². The molecular formula is C29H25FN8OS. The van der Waals surface area contributed by atoms with E-state index in [0.717, 1.165) is 9.79 Å². The molecule has 40 heavy (non-hydrogen) atoms. The number of nitrogens with zero attached hydrogens (tertiary/aromatic N) is 5. The van der Waals surface area contributed by atoms with Gasteiger partial charge in [0.05, 0.1) is 16.6 Å². The molecule has 2 heterocycles. The predicted octanol–water partition coefficient (Wildman–Crippen LogP) is 4.94. The van der Waals surface area contributed by atoms with Crippen molar-refractivity contribution in [2.45, 2.75) is 29.1 Å². The summed E-state index contributed by atoms with van der Waals surface area (Å²) in [7, 11) is 0. The number of aromatic nitrogens is 4. The Morgan fingerprint density at radius 1 is 0.975 bits per heavy atom. The summed E-state index contributed by atoms with van der Waals surface area (Å²) in [6, 6.07) is 23.3. The van der Waals surface area contributed by atoms with Crippen LogP contribution in [0.1, 0.15) is 24.2 Å². The lowest BCUT2D eigenvalue weighted by atomic mass is 10.1. The summed E-state index contributed by atoms with van der Waals surface area (Å²) >= 11 is 1.48. The zero-order chi connectivity index (χ0) is 28.1. The van der Waals surface area contributed by atoms with Crippen molar-refractivity contribution in [3.63, 3.8) is 0 Å². The second-order valence-electron chi connectivity index (χ2n) is 8.90. The fourth-order valence-corrected chi connectivity index (χ4v) is 5.33. The summed E-state index contributed by atoms with van der Waals surface area (Å²) < 4.78 is 15.7. The van der Waals surface area contributed by atoms with E-state index in [0.29, 0.717) is 48.2 Å². The van der Waals surface area contributed by atoms with E-state index in [9.17, 15) is 14.4 Å². The Morgan fingerprint density at radius 2 is 1.77 bits per heavy atom. The SMILES string of the molecule is N#Cc1c(N)nc(N)nc1NCCCCc1nc2cccc(Sc3ccccc3)c2c(=O)n1-c1cccc(F)c1. The quantitative estimate of drug-likeness (QED) is 0.216. The molecule has 0 saturated carbocycles. The highest BCUT2D eigenvalue weighted by molar-refractivity contribution is 7.99. The van der Waals surface area contributed by atoms with Crippen LogP contribution in [0.5, 0.6) is 0 Å². The van der Waals surface area contributed by atoms with Crippen LogP contribution in [-0.4, -0.2) is 26.1 Å². The Bertz CT molecular complexity index is 1790. The number of nitriles is 1. The molecule has 200 valence electrons. The first-order valence-corrected chi connectivity index (χ1v) is 13.4. The Kier molecular flexibility index (Phi) is 7.89. The maximum atomic E-state index is 14.2. The number of rotatable bonds is 9. The van der Waals surface area contributed by atoms with Crippen molar-refractivity contribution in [2.24, 2.45) is 0 Å². The number of nitrogen functional groups attached to an aromatic ring is 2. The standard InChI is InChI=1S/C29H25FN8OS/c30-18-8-6-9-19(16-18)38-24(14-4-5-15-34-27-21(17-31)26(32)36-29(33)37-27)35-22-12-7-13-23(25(22)28(38)39)40-20-10-2-1-3-11-20/h1-3,6-13,16H,4-5,14-15H2,(H5,32,33,34,36,37). The van der Waals surface area contributed by atoms with Gasteiger partial charge in [0.2, 0.25) is 5.95 Å². The molecule has 0 radical (unpaired) electrons. The maximum Gasteiger partial charge on any atom is 0.267 e. The number of anilines is 3. The molecule has 5 N–H and O–H groups in total. The average Bonchev–Trinajstić information content (AvgIpc) is 2.93. The normalized spacial score (nSPS) is 10.9. The molecule has 2 aromatic heterocycles. The van der Waals surface area contributed by atoms with Gasteiger partial charge in [-0.25, -0.2) is 9.37 Å². The molecule has 3 aromatic carbocycles. The Morgan fingerprint density at radius 3 is 2.55 bits per heavy atom. The highest BCUT2D eigenvalue weighted by Crippen LogP contribution is 2.32. The molecule has 9 nitrogen and oxygen atoms in total. The van der Waals surface area contributed by atoms with Gasteiger partial charge in [-0.2, -0.15) is 15.2 Å². The van der Waals surface area contributed by atoms with E-state index < -0.39 is 5.82 Å². The van der Waals surface area contributed by atoms with E-state index in [4.69, 9.17) is 16.5 Å². The number of benzene rings is 3. The molecular weight excluding hydrogens is 527 g/mol. The molecule has 0 unspecified atom stereocenters. The first-order chi connectivity index (χ1) is 19.4. The van der Waals surface area contributed by atoms with Crippen molar-refractivity contribution in [3.05, 3.63) is 100 Å². The summed E-state index contributed by atoms with van der Waals surface area (Å²) in [6.45, 7) is 0.472. The molecule has 0 aliphatic carbocycles. The van der Waals surface area contributed by atoms with Gasteiger partial charge in [0.25, 0.3) is 5.56 Å². The number of nitrogens with two attached hydrogens (primary N) is 2. The Balaban J connectivity index is 1.44. The highest BCUT2D eigenvalue weighted by atomic mass is 32.2. The molecule has 0 bridgehead atoms. The molecule has 0 spiro atoms. The van der Waals surface area contributed by atoms with Gasteiger partial charge >= 0.3 is 0 Å². The lowest BCUT2D eigenvalue weighted by molar-refractivity contribution is 0.625. The predicted molar refractivity (Wildman–Crippen MR) is 155 cm³/mol. The zero-order valence-electron chi connectivity index (χ0n) is 21.3. The monoisotopic (exact) mass is 552 g/mol. The van der Waals surface area contributed by atoms with Crippen LogP contribution in [-0.2, 0) is 6.42 Å².